The van der Waals surface area contributed by atoms with Gasteiger partial charge in [0.1, 0.15) is 5.60 Å². The number of hydrogen-bond donors (Lipinski definition) is 2. The Bertz CT molecular complexity index is 1600. The number of nitrogens with zero attached hydrogens (tertiary/aromatic N) is 4. The quantitative estimate of drug-likeness (QED) is 0.352. The molecule has 1 saturated heterocycles. The topological polar surface area (TPSA) is 128 Å². The number of hydrogen-bond acceptors (Lipinski definition) is 8. The summed E-state index contributed by atoms with van der Waals surface area (Å²) in [5.41, 5.74) is 2.86. The first-order valence-electron chi connectivity index (χ1n) is 15.3. The van der Waals surface area contributed by atoms with Crippen LogP contribution < -0.4 is 20.3 Å². The van der Waals surface area contributed by atoms with Crippen molar-refractivity contribution in [2.24, 2.45) is 5.41 Å². The number of ether oxygens (including phenoxy) is 2. The van der Waals surface area contributed by atoms with Gasteiger partial charge in [-0.1, -0.05) is 36.4 Å². The number of allylic oxidation sites excluding steroid dienone is 1. The van der Waals surface area contributed by atoms with Gasteiger partial charge in [-0.05, 0) is 59.9 Å². The number of anilines is 1. The van der Waals surface area contributed by atoms with Crippen LogP contribution in [-0.4, -0.2) is 57.5 Å². The van der Waals surface area contributed by atoms with Crippen molar-refractivity contribution in [1.29, 1.82) is 0 Å². The zero-order valence-corrected chi connectivity index (χ0v) is 26.8. The number of benzene rings is 1. The molecular weight excluding hydrogens is 572 g/mol. The third kappa shape index (κ3) is 7.89. The summed E-state index contributed by atoms with van der Waals surface area (Å²) in [6.07, 6.45) is 8.35. The number of carbonyl (C=O) groups is 3. The van der Waals surface area contributed by atoms with E-state index in [9.17, 15) is 14.4 Å². The molecule has 11 nitrogen and oxygen atoms in total. The SMILES string of the molecule is CC(C)(C)OC(=O)N[C@@H]1CCCN(c2c(OC(=O)C(C)(C)C)cnc3c2C(NC(=O)c2cnn(Cc4ccccc4)c2)=CC3)C1. The molecule has 1 aromatic carbocycles. The number of pyridine rings is 1. The molecule has 45 heavy (non-hydrogen) atoms. The summed E-state index contributed by atoms with van der Waals surface area (Å²) in [5, 5.41) is 10.4. The highest BCUT2D eigenvalue weighted by molar-refractivity contribution is 6.01. The predicted molar refractivity (Wildman–Crippen MR) is 171 cm³/mol. The zero-order chi connectivity index (χ0) is 32.4. The monoisotopic (exact) mass is 614 g/mol. The molecular formula is C34H42N6O5. The molecule has 5 rings (SSSR count). The Labute approximate surface area is 264 Å². The number of fused-ring (bicyclic) bond motifs is 1. The van der Waals surface area contributed by atoms with E-state index in [1.54, 1.807) is 44.0 Å². The second-order valence-corrected chi connectivity index (χ2v) is 13.6. The Morgan fingerprint density at radius 1 is 1.04 bits per heavy atom. The lowest BCUT2D eigenvalue weighted by molar-refractivity contribution is -0.142. The molecule has 2 aliphatic rings. The van der Waals surface area contributed by atoms with E-state index in [4.69, 9.17) is 9.47 Å². The Hall–Kier alpha value is -4.67. The Morgan fingerprint density at radius 3 is 2.51 bits per heavy atom. The lowest BCUT2D eigenvalue weighted by Gasteiger charge is -2.37. The molecule has 1 fully saturated rings. The maximum Gasteiger partial charge on any atom is 0.407 e. The largest absolute Gasteiger partial charge is 0.444 e. The Morgan fingerprint density at radius 2 is 1.80 bits per heavy atom. The maximum atomic E-state index is 13.5. The smallest absolute Gasteiger partial charge is 0.407 e. The van der Waals surface area contributed by atoms with Gasteiger partial charge in [-0.2, -0.15) is 5.10 Å². The minimum atomic E-state index is -0.744. The summed E-state index contributed by atoms with van der Waals surface area (Å²) >= 11 is 0. The Balaban J connectivity index is 1.41. The van der Waals surface area contributed by atoms with Gasteiger partial charge in [-0.15, -0.1) is 0 Å². The van der Waals surface area contributed by atoms with Crippen molar-refractivity contribution in [2.75, 3.05) is 18.0 Å². The van der Waals surface area contributed by atoms with Crippen molar-refractivity contribution >= 4 is 29.4 Å². The highest BCUT2D eigenvalue weighted by Gasteiger charge is 2.34. The molecule has 1 aliphatic heterocycles. The van der Waals surface area contributed by atoms with Crippen molar-refractivity contribution in [3.63, 3.8) is 0 Å². The van der Waals surface area contributed by atoms with Crippen molar-refractivity contribution in [2.45, 2.75) is 79.0 Å². The highest BCUT2D eigenvalue weighted by atomic mass is 16.6. The number of esters is 1. The van der Waals surface area contributed by atoms with Crippen LogP contribution in [0, 0.1) is 5.41 Å². The van der Waals surface area contributed by atoms with Crippen LogP contribution in [0.4, 0.5) is 10.5 Å². The number of carbonyl (C=O) groups excluding carboxylic acids is 3. The van der Waals surface area contributed by atoms with Crippen molar-refractivity contribution < 1.29 is 23.9 Å². The third-order valence-corrected chi connectivity index (χ3v) is 7.47. The third-order valence-electron chi connectivity index (χ3n) is 7.47. The molecule has 0 spiro atoms. The van der Waals surface area contributed by atoms with Gasteiger partial charge in [0.2, 0.25) is 0 Å². The van der Waals surface area contributed by atoms with E-state index >= 15 is 0 Å². The number of piperidine rings is 1. The predicted octanol–water partition coefficient (Wildman–Crippen LogP) is 5.10. The molecule has 0 radical (unpaired) electrons. The fourth-order valence-electron chi connectivity index (χ4n) is 5.32. The summed E-state index contributed by atoms with van der Waals surface area (Å²) in [4.78, 5) is 45.8. The van der Waals surface area contributed by atoms with Crippen LogP contribution in [0.1, 0.15) is 81.6 Å². The van der Waals surface area contributed by atoms with Crippen LogP contribution in [-0.2, 0) is 22.5 Å². The molecule has 0 unspecified atom stereocenters. The molecule has 11 heteroatoms. The molecule has 1 atom stereocenters. The molecule has 2 amide bonds. The van der Waals surface area contributed by atoms with Gasteiger partial charge in [-0.25, -0.2) is 4.79 Å². The van der Waals surface area contributed by atoms with Gasteiger partial charge >= 0.3 is 12.1 Å². The van der Waals surface area contributed by atoms with E-state index in [1.807, 2.05) is 57.2 Å². The minimum Gasteiger partial charge on any atom is -0.444 e. The van der Waals surface area contributed by atoms with Crippen molar-refractivity contribution in [3.8, 4) is 5.75 Å². The summed E-state index contributed by atoms with van der Waals surface area (Å²) in [5.74, 6) is -0.395. The van der Waals surface area contributed by atoms with Crippen molar-refractivity contribution in [1.82, 2.24) is 25.4 Å². The molecule has 2 N–H and O–H groups in total. The van der Waals surface area contributed by atoms with Crippen LogP contribution in [0.3, 0.4) is 0 Å². The van der Waals surface area contributed by atoms with Crippen LogP contribution in [0.5, 0.6) is 5.75 Å². The summed E-state index contributed by atoms with van der Waals surface area (Å²) in [7, 11) is 0. The first kappa shape index (κ1) is 31.7. The Kier molecular flexibility index (Phi) is 8.99. The second-order valence-electron chi connectivity index (χ2n) is 13.6. The van der Waals surface area contributed by atoms with E-state index < -0.39 is 23.1 Å². The van der Waals surface area contributed by atoms with E-state index in [0.29, 0.717) is 54.3 Å². The van der Waals surface area contributed by atoms with Crippen LogP contribution >= 0.6 is 0 Å². The van der Waals surface area contributed by atoms with E-state index in [0.717, 1.165) is 24.1 Å². The van der Waals surface area contributed by atoms with Crippen LogP contribution in [0.2, 0.25) is 0 Å². The molecule has 1 aliphatic carbocycles. The van der Waals surface area contributed by atoms with Gasteiger partial charge in [-0.3, -0.25) is 19.3 Å². The number of nitrogens with one attached hydrogen (secondary N) is 2. The average Bonchev–Trinajstić information content (AvgIpc) is 3.59. The average molecular weight is 615 g/mol. The van der Waals surface area contributed by atoms with Gasteiger partial charge in [0.05, 0.1) is 41.3 Å². The number of aromatic nitrogens is 3. The van der Waals surface area contributed by atoms with Gasteiger partial charge in [0, 0.05) is 43.0 Å². The summed E-state index contributed by atoms with van der Waals surface area (Å²) in [6.45, 7) is 12.5. The van der Waals surface area contributed by atoms with E-state index in [2.05, 4.69) is 25.6 Å². The molecule has 238 valence electrons. The lowest BCUT2D eigenvalue weighted by atomic mass is 9.97. The molecule has 0 saturated carbocycles. The van der Waals surface area contributed by atoms with E-state index in [-0.39, 0.29) is 11.9 Å². The van der Waals surface area contributed by atoms with Gasteiger partial charge in [0.25, 0.3) is 5.91 Å². The van der Waals surface area contributed by atoms with Gasteiger partial charge in [0.15, 0.2) is 5.75 Å². The maximum absolute atomic E-state index is 13.5. The first-order chi connectivity index (χ1) is 21.3. The summed E-state index contributed by atoms with van der Waals surface area (Å²) < 4.78 is 13.2. The van der Waals surface area contributed by atoms with Gasteiger partial charge < -0.3 is 25.0 Å². The standard InChI is InChI=1S/C34H42N6O5/c1-33(2,3)31(42)44-27-18-35-25-14-15-26(38-30(41)23-17-36-40(20-23)19-22-11-8-7-9-12-22)28(25)29(27)39-16-10-13-24(21-39)37-32(43)45-34(4,5)6/h7-9,11-12,15,17-18,20,24H,10,13-14,16,19,21H2,1-6H3,(H,37,43)(H,38,41)/t24-/m1/s1. The molecule has 3 heterocycles. The first-order valence-corrected chi connectivity index (χ1v) is 15.3. The molecule has 0 bridgehead atoms. The van der Waals surface area contributed by atoms with Crippen LogP contribution in [0.25, 0.3) is 5.70 Å². The number of rotatable bonds is 7. The van der Waals surface area contributed by atoms with Crippen molar-refractivity contribution in [3.05, 3.63) is 77.4 Å². The van der Waals surface area contributed by atoms with Crippen LogP contribution in [0.15, 0.2) is 55.0 Å². The molecule has 3 aromatic rings. The normalized spacial score (nSPS) is 16.4. The number of amides is 2. The lowest BCUT2D eigenvalue weighted by Crippen LogP contribution is -2.49. The summed E-state index contributed by atoms with van der Waals surface area (Å²) in [6, 6.07) is 9.71. The fourth-order valence-corrected chi connectivity index (χ4v) is 5.32. The number of alkyl carbamates (subject to hydrolysis) is 1. The second kappa shape index (κ2) is 12.7. The van der Waals surface area contributed by atoms with E-state index in [1.165, 1.54) is 0 Å². The highest BCUT2D eigenvalue weighted by Crippen LogP contribution is 2.42. The molecule has 2 aromatic heterocycles. The fraction of sp³-hybridized carbons (Fsp3) is 0.441. The minimum absolute atomic E-state index is 0.192. The zero-order valence-electron chi connectivity index (χ0n) is 26.8.